The molecule has 0 atom stereocenters. The van der Waals surface area contributed by atoms with Gasteiger partial charge >= 0.3 is 6.09 Å². The third-order valence-electron chi connectivity index (χ3n) is 5.00. The predicted molar refractivity (Wildman–Crippen MR) is 123 cm³/mol. The Labute approximate surface area is 185 Å². The number of guanidine groups is 1. The molecule has 0 unspecified atom stereocenters. The van der Waals surface area contributed by atoms with Crippen molar-refractivity contribution < 1.29 is 9.53 Å². The van der Waals surface area contributed by atoms with Crippen LogP contribution in [-0.4, -0.2) is 65.6 Å². The summed E-state index contributed by atoms with van der Waals surface area (Å²) in [5.74, 6) is 0.839. The van der Waals surface area contributed by atoms with E-state index in [1.54, 1.807) is 4.90 Å². The SMILES string of the molecule is CCNC(=NCCc1c(C)nn(C)c1C)NC1CCN(C(=O)OCC)CC1.I. The van der Waals surface area contributed by atoms with Crippen LogP contribution in [-0.2, 0) is 18.2 Å². The molecule has 2 N–H and O–H groups in total. The number of rotatable bonds is 6. The second-order valence-corrected chi connectivity index (χ2v) is 6.89. The molecule has 0 aliphatic carbocycles. The fraction of sp³-hybridized carbons (Fsp3) is 0.737. The molecule has 1 amide bonds. The number of carbonyl (C=O) groups excluding carboxylic acids is 1. The Hall–Kier alpha value is -1.52. The molecular weight excluding hydrogens is 471 g/mol. The molecule has 8 nitrogen and oxygen atoms in total. The van der Waals surface area contributed by atoms with Crippen LogP contribution in [0.1, 0.15) is 43.6 Å². The maximum atomic E-state index is 11.8. The van der Waals surface area contributed by atoms with E-state index >= 15 is 0 Å². The van der Waals surface area contributed by atoms with E-state index in [4.69, 9.17) is 9.73 Å². The molecule has 2 rings (SSSR count). The van der Waals surface area contributed by atoms with Crippen LogP contribution in [0.15, 0.2) is 4.99 Å². The second kappa shape index (κ2) is 12.1. The molecule has 9 heteroatoms. The summed E-state index contributed by atoms with van der Waals surface area (Å²) in [5, 5.41) is 11.3. The van der Waals surface area contributed by atoms with Gasteiger partial charge in [0, 0.05) is 45.0 Å². The third-order valence-corrected chi connectivity index (χ3v) is 5.00. The van der Waals surface area contributed by atoms with Gasteiger partial charge in [-0.05, 0) is 52.5 Å². The van der Waals surface area contributed by atoms with Gasteiger partial charge in [0.15, 0.2) is 5.96 Å². The van der Waals surface area contributed by atoms with Crippen LogP contribution in [0, 0.1) is 13.8 Å². The lowest BCUT2D eigenvalue weighted by Gasteiger charge is -2.32. The molecule has 1 aliphatic heterocycles. The van der Waals surface area contributed by atoms with Gasteiger partial charge < -0.3 is 20.3 Å². The van der Waals surface area contributed by atoms with E-state index in [-0.39, 0.29) is 30.1 Å². The maximum absolute atomic E-state index is 11.8. The highest BCUT2D eigenvalue weighted by Crippen LogP contribution is 2.13. The van der Waals surface area contributed by atoms with Crippen LogP contribution in [0.5, 0.6) is 0 Å². The number of aryl methyl sites for hydroxylation is 2. The van der Waals surface area contributed by atoms with Gasteiger partial charge in [0.05, 0.1) is 12.3 Å². The quantitative estimate of drug-likeness (QED) is 0.352. The van der Waals surface area contributed by atoms with Crippen LogP contribution < -0.4 is 10.6 Å². The number of piperidine rings is 1. The highest BCUT2D eigenvalue weighted by Gasteiger charge is 2.24. The molecule has 0 spiro atoms. The highest BCUT2D eigenvalue weighted by molar-refractivity contribution is 14.0. The highest BCUT2D eigenvalue weighted by atomic mass is 127. The van der Waals surface area contributed by atoms with E-state index in [1.165, 1.54) is 11.3 Å². The summed E-state index contributed by atoms with van der Waals surface area (Å²) < 4.78 is 7.00. The van der Waals surface area contributed by atoms with E-state index in [1.807, 2.05) is 25.6 Å². The number of aromatic nitrogens is 2. The molecule has 1 fully saturated rings. The Bertz CT molecular complexity index is 653. The lowest BCUT2D eigenvalue weighted by Crippen LogP contribution is -2.50. The number of aliphatic imine (C=N–C) groups is 1. The van der Waals surface area contributed by atoms with Crippen molar-refractivity contribution in [3.63, 3.8) is 0 Å². The average molecular weight is 506 g/mol. The van der Waals surface area contributed by atoms with E-state index in [0.29, 0.717) is 32.3 Å². The monoisotopic (exact) mass is 506 g/mol. The summed E-state index contributed by atoms with van der Waals surface area (Å²) >= 11 is 0. The van der Waals surface area contributed by atoms with Gasteiger partial charge in [-0.2, -0.15) is 5.10 Å². The summed E-state index contributed by atoms with van der Waals surface area (Å²) in [7, 11) is 1.98. The van der Waals surface area contributed by atoms with Gasteiger partial charge in [-0.25, -0.2) is 4.79 Å². The zero-order chi connectivity index (χ0) is 19.8. The topological polar surface area (TPSA) is 83.8 Å². The minimum atomic E-state index is -0.210. The van der Waals surface area contributed by atoms with Gasteiger partial charge in [-0.15, -0.1) is 24.0 Å². The second-order valence-electron chi connectivity index (χ2n) is 6.89. The van der Waals surface area contributed by atoms with Crippen molar-refractivity contribution in [2.75, 3.05) is 32.8 Å². The van der Waals surface area contributed by atoms with Gasteiger partial charge in [-0.1, -0.05) is 0 Å². The molecule has 0 bridgehead atoms. The van der Waals surface area contributed by atoms with E-state index in [0.717, 1.165) is 37.5 Å². The molecule has 2 heterocycles. The maximum Gasteiger partial charge on any atom is 0.409 e. The molecule has 28 heavy (non-hydrogen) atoms. The van der Waals surface area contributed by atoms with Crippen molar-refractivity contribution in [3.8, 4) is 0 Å². The number of nitrogens with zero attached hydrogens (tertiary/aromatic N) is 4. The lowest BCUT2D eigenvalue weighted by atomic mass is 10.1. The minimum Gasteiger partial charge on any atom is -0.450 e. The Kier molecular flexibility index (Phi) is 10.6. The third kappa shape index (κ3) is 6.82. The molecule has 1 aliphatic rings. The number of nitrogens with one attached hydrogen (secondary N) is 2. The number of halogens is 1. The van der Waals surface area contributed by atoms with Crippen molar-refractivity contribution >= 4 is 36.0 Å². The van der Waals surface area contributed by atoms with Gasteiger partial charge in [0.1, 0.15) is 0 Å². The number of carbonyl (C=O) groups is 1. The largest absolute Gasteiger partial charge is 0.450 e. The minimum absolute atomic E-state index is 0. The number of likely N-dealkylation sites (tertiary alicyclic amines) is 1. The summed E-state index contributed by atoms with van der Waals surface area (Å²) in [6.45, 7) is 11.4. The Balaban J connectivity index is 0.00000392. The van der Waals surface area contributed by atoms with E-state index in [9.17, 15) is 4.79 Å². The first-order chi connectivity index (χ1) is 13.0. The summed E-state index contributed by atoms with van der Waals surface area (Å²) in [4.78, 5) is 18.3. The van der Waals surface area contributed by atoms with E-state index in [2.05, 4.69) is 29.6 Å². The standard InChI is InChI=1S/C19H34N6O2.HI/c1-6-20-18(21-11-8-17-14(3)23-24(5)15(17)4)22-16-9-12-25(13-10-16)19(26)27-7-2;/h16H,6-13H2,1-5H3,(H2,20,21,22);1H. The number of amides is 1. The van der Waals surface area contributed by atoms with Crippen molar-refractivity contribution in [2.24, 2.45) is 12.0 Å². The van der Waals surface area contributed by atoms with Crippen LogP contribution in [0.25, 0.3) is 0 Å². The van der Waals surface area contributed by atoms with Gasteiger partial charge in [0.25, 0.3) is 0 Å². The van der Waals surface area contributed by atoms with Crippen molar-refractivity contribution in [1.29, 1.82) is 0 Å². The van der Waals surface area contributed by atoms with Crippen molar-refractivity contribution in [3.05, 3.63) is 17.0 Å². The number of hydrogen-bond acceptors (Lipinski definition) is 4. The normalized spacial score (nSPS) is 15.2. The first-order valence-corrected chi connectivity index (χ1v) is 9.91. The van der Waals surface area contributed by atoms with Crippen LogP contribution in [0.3, 0.4) is 0 Å². The number of ether oxygens (including phenoxy) is 1. The Morgan fingerprint density at radius 2 is 1.96 bits per heavy atom. The summed E-state index contributed by atoms with van der Waals surface area (Å²) in [6.07, 6.45) is 2.45. The summed E-state index contributed by atoms with van der Waals surface area (Å²) in [6, 6.07) is 0.315. The van der Waals surface area contributed by atoms with Crippen molar-refractivity contribution in [2.45, 2.75) is 53.0 Å². The molecule has 1 aromatic heterocycles. The van der Waals surface area contributed by atoms with Crippen LogP contribution in [0.2, 0.25) is 0 Å². The van der Waals surface area contributed by atoms with Gasteiger partial charge in [0.2, 0.25) is 0 Å². The first-order valence-electron chi connectivity index (χ1n) is 9.91. The zero-order valence-electron chi connectivity index (χ0n) is 17.7. The smallest absolute Gasteiger partial charge is 0.409 e. The fourth-order valence-electron chi connectivity index (χ4n) is 3.39. The average Bonchev–Trinajstić information content (AvgIpc) is 2.88. The Morgan fingerprint density at radius 1 is 1.29 bits per heavy atom. The molecule has 0 saturated carbocycles. The first kappa shape index (κ1) is 24.5. The van der Waals surface area contributed by atoms with Crippen molar-refractivity contribution in [1.82, 2.24) is 25.3 Å². The summed E-state index contributed by atoms with van der Waals surface area (Å²) in [5.41, 5.74) is 3.56. The van der Waals surface area contributed by atoms with Gasteiger partial charge in [-0.3, -0.25) is 9.67 Å². The molecule has 1 aromatic rings. The Morgan fingerprint density at radius 3 is 2.50 bits per heavy atom. The lowest BCUT2D eigenvalue weighted by molar-refractivity contribution is 0.0963. The molecular formula is C19H35IN6O2. The fourth-order valence-corrected chi connectivity index (χ4v) is 3.39. The van der Waals surface area contributed by atoms with E-state index < -0.39 is 0 Å². The van der Waals surface area contributed by atoms with Crippen LogP contribution >= 0.6 is 24.0 Å². The predicted octanol–water partition coefficient (Wildman–Crippen LogP) is 2.37. The zero-order valence-corrected chi connectivity index (χ0v) is 20.1. The molecule has 0 aromatic carbocycles. The number of hydrogen-bond donors (Lipinski definition) is 2. The molecule has 160 valence electrons. The molecule has 0 radical (unpaired) electrons. The van der Waals surface area contributed by atoms with Crippen LogP contribution in [0.4, 0.5) is 4.79 Å². The molecule has 1 saturated heterocycles.